The van der Waals surface area contributed by atoms with Crippen LogP contribution in [-0.4, -0.2) is 22.0 Å². The largest absolute Gasteiger partial charge is 0.508 e. The number of phenolic OH excluding ortho intramolecular Hbond substituents is 1. The number of aromatic hydroxyl groups is 1. The molecule has 0 fully saturated rings. The van der Waals surface area contributed by atoms with Crippen molar-refractivity contribution in [2.75, 3.05) is 0 Å². The van der Waals surface area contributed by atoms with E-state index in [9.17, 15) is 14.7 Å². The molecule has 1 aliphatic carbocycles. The number of phenols is 1. The van der Waals surface area contributed by atoms with Crippen LogP contribution in [0.2, 0.25) is 0 Å². The Labute approximate surface area is 128 Å². The average molecular weight is 296 g/mol. The molecule has 2 rings (SSSR count). The highest BCUT2D eigenvalue weighted by Gasteiger charge is 2.31. The van der Waals surface area contributed by atoms with Gasteiger partial charge in [0.25, 0.3) is 0 Å². The van der Waals surface area contributed by atoms with Gasteiger partial charge in [-0.3, -0.25) is 4.79 Å². The molecule has 22 heavy (non-hydrogen) atoms. The minimum Gasteiger partial charge on any atom is -0.508 e. The molecule has 1 aliphatic rings. The zero-order chi connectivity index (χ0) is 16.0. The number of hydrogen-bond donors (Lipinski definition) is 2. The van der Waals surface area contributed by atoms with Crippen molar-refractivity contribution >= 4 is 17.8 Å². The smallest absolute Gasteiger partial charge is 0.328 e. The molecule has 2 N–H and O–H groups in total. The summed E-state index contributed by atoms with van der Waals surface area (Å²) in [6.45, 7) is 0. The van der Waals surface area contributed by atoms with Gasteiger partial charge in [0, 0.05) is 6.08 Å². The fourth-order valence-electron chi connectivity index (χ4n) is 2.16. The van der Waals surface area contributed by atoms with Gasteiger partial charge in [0.15, 0.2) is 5.78 Å². The Morgan fingerprint density at radius 1 is 1.09 bits per heavy atom. The normalized spacial score (nSPS) is 20.7. The summed E-state index contributed by atoms with van der Waals surface area (Å²) in [5.41, 5.74) is -0.181. The first-order valence-electron chi connectivity index (χ1n) is 6.80. The molecule has 0 radical (unpaired) electrons. The summed E-state index contributed by atoms with van der Waals surface area (Å²) in [7, 11) is 0. The first-order chi connectivity index (χ1) is 10.5. The fraction of sp³-hybridized carbons (Fsp3) is 0.111. The van der Waals surface area contributed by atoms with Crippen LogP contribution in [0.15, 0.2) is 66.8 Å². The first kappa shape index (κ1) is 15.5. The molecule has 0 spiro atoms. The second-order valence-electron chi connectivity index (χ2n) is 4.99. The van der Waals surface area contributed by atoms with Gasteiger partial charge < -0.3 is 10.2 Å². The van der Waals surface area contributed by atoms with Gasteiger partial charge in [0.1, 0.15) is 5.75 Å². The number of aliphatic carboxylic acids is 1. The third-order valence-electron chi connectivity index (χ3n) is 3.40. The minimum atomic E-state index is -1.09. The van der Waals surface area contributed by atoms with E-state index in [0.717, 1.165) is 11.6 Å². The molecule has 0 saturated heterocycles. The van der Waals surface area contributed by atoms with Gasteiger partial charge >= 0.3 is 5.97 Å². The van der Waals surface area contributed by atoms with E-state index in [4.69, 9.17) is 5.11 Å². The predicted molar refractivity (Wildman–Crippen MR) is 84.3 cm³/mol. The van der Waals surface area contributed by atoms with Crippen LogP contribution >= 0.6 is 0 Å². The Balaban J connectivity index is 2.22. The molecule has 112 valence electrons. The van der Waals surface area contributed by atoms with Crippen LogP contribution in [-0.2, 0) is 9.59 Å². The Hall–Kier alpha value is -2.88. The van der Waals surface area contributed by atoms with Gasteiger partial charge in [0.05, 0.1) is 5.41 Å². The third-order valence-corrected chi connectivity index (χ3v) is 3.40. The van der Waals surface area contributed by atoms with Crippen molar-refractivity contribution < 1.29 is 19.8 Å². The van der Waals surface area contributed by atoms with Crippen molar-refractivity contribution in [1.82, 2.24) is 0 Å². The summed E-state index contributed by atoms with van der Waals surface area (Å²) in [5.74, 6) is -1.12. The molecule has 0 aliphatic heterocycles. The van der Waals surface area contributed by atoms with E-state index in [2.05, 4.69) is 0 Å². The molecular weight excluding hydrogens is 280 g/mol. The summed E-state index contributed by atoms with van der Waals surface area (Å²) in [4.78, 5) is 23.2. The maximum Gasteiger partial charge on any atom is 0.328 e. The summed E-state index contributed by atoms with van der Waals surface area (Å²) in [6.07, 6.45) is 13.0. The second-order valence-corrected chi connectivity index (χ2v) is 4.99. The van der Waals surface area contributed by atoms with Crippen LogP contribution in [0.3, 0.4) is 0 Å². The van der Waals surface area contributed by atoms with Gasteiger partial charge in [-0.1, -0.05) is 48.6 Å². The Morgan fingerprint density at radius 3 is 2.41 bits per heavy atom. The van der Waals surface area contributed by atoms with Gasteiger partial charge in [-0.25, -0.2) is 4.79 Å². The van der Waals surface area contributed by atoms with Crippen LogP contribution < -0.4 is 0 Å². The summed E-state index contributed by atoms with van der Waals surface area (Å²) < 4.78 is 0. The van der Waals surface area contributed by atoms with E-state index in [-0.39, 0.29) is 11.5 Å². The quantitative estimate of drug-likeness (QED) is 0.819. The summed E-state index contributed by atoms with van der Waals surface area (Å²) in [5, 5.41) is 18.0. The molecule has 0 saturated carbocycles. The number of benzene rings is 1. The molecule has 0 bridgehead atoms. The Kier molecular flexibility index (Phi) is 4.73. The molecule has 1 unspecified atom stereocenters. The van der Waals surface area contributed by atoms with Crippen molar-refractivity contribution in [3.05, 3.63) is 72.4 Å². The monoisotopic (exact) mass is 296 g/mol. The Morgan fingerprint density at radius 2 is 1.82 bits per heavy atom. The van der Waals surface area contributed by atoms with Crippen molar-refractivity contribution in [1.29, 1.82) is 0 Å². The fourth-order valence-corrected chi connectivity index (χ4v) is 2.16. The zero-order valence-corrected chi connectivity index (χ0v) is 11.8. The molecule has 0 heterocycles. The third kappa shape index (κ3) is 3.82. The number of hydrogen-bond acceptors (Lipinski definition) is 3. The average Bonchev–Trinajstić information content (AvgIpc) is 2.53. The van der Waals surface area contributed by atoms with Gasteiger partial charge in [0.2, 0.25) is 0 Å². The minimum absolute atomic E-state index is 0.157. The zero-order valence-electron chi connectivity index (χ0n) is 11.8. The van der Waals surface area contributed by atoms with Crippen molar-refractivity contribution in [3.63, 3.8) is 0 Å². The number of carbonyl (C=O) groups excluding carboxylic acids is 1. The number of ketones is 1. The van der Waals surface area contributed by atoms with E-state index in [0.29, 0.717) is 6.42 Å². The second kappa shape index (κ2) is 6.72. The molecule has 4 nitrogen and oxygen atoms in total. The van der Waals surface area contributed by atoms with Crippen LogP contribution in [0.5, 0.6) is 5.75 Å². The highest BCUT2D eigenvalue weighted by atomic mass is 16.4. The first-order valence-corrected chi connectivity index (χ1v) is 6.80. The lowest BCUT2D eigenvalue weighted by atomic mass is 9.77. The maximum atomic E-state index is 12.5. The van der Waals surface area contributed by atoms with E-state index in [1.54, 1.807) is 30.4 Å². The molecule has 0 aromatic heterocycles. The number of rotatable bonds is 5. The SMILES string of the molecule is O=C(O)C=CC1(C(=O)/C=C\c2ccc(O)cc2)C=CC=CC1. The number of allylic oxidation sites excluding steroid dienone is 6. The molecule has 0 amide bonds. The van der Waals surface area contributed by atoms with Crippen LogP contribution in [0.1, 0.15) is 12.0 Å². The van der Waals surface area contributed by atoms with Crippen molar-refractivity contribution in [2.45, 2.75) is 6.42 Å². The summed E-state index contributed by atoms with van der Waals surface area (Å²) >= 11 is 0. The molecule has 4 heteroatoms. The lowest BCUT2D eigenvalue weighted by Gasteiger charge is -2.24. The number of carboxylic acids is 1. The highest BCUT2D eigenvalue weighted by molar-refractivity contribution is 6.01. The molecule has 1 atom stereocenters. The molecule has 1 aromatic carbocycles. The highest BCUT2D eigenvalue weighted by Crippen LogP contribution is 2.31. The standard InChI is InChI=1S/C18H16O4/c19-15-7-4-14(5-8-15)6-9-16(20)18(13-10-17(21)22)11-2-1-3-12-18/h1-11,13,19H,12H2,(H,21,22)/b9-6-,13-10?. The number of carboxylic acid groups (broad SMARTS) is 1. The van der Waals surface area contributed by atoms with E-state index < -0.39 is 11.4 Å². The lowest BCUT2D eigenvalue weighted by molar-refractivity contribution is -0.131. The molecule has 1 aromatic rings. The lowest BCUT2D eigenvalue weighted by Crippen LogP contribution is -2.26. The van der Waals surface area contributed by atoms with Gasteiger partial charge in [-0.05, 0) is 30.2 Å². The van der Waals surface area contributed by atoms with E-state index in [1.165, 1.54) is 24.3 Å². The van der Waals surface area contributed by atoms with Crippen molar-refractivity contribution in [3.8, 4) is 5.75 Å². The maximum absolute atomic E-state index is 12.5. The van der Waals surface area contributed by atoms with Gasteiger partial charge in [-0.2, -0.15) is 0 Å². The summed E-state index contributed by atoms with van der Waals surface area (Å²) in [6, 6.07) is 6.45. The van der Waals surface area contributed by atoms with Crippen molar-refractivity contribution in [2.24, 2.45) is 5.41 Å². The van der Waals surface area contributed by atoms with E-state index in [1.807, 2.05) is 12.2 Å². The van der Waals surface area contributed by atoms with E-state index >= 15 is 0 Å². The van der Waals surface area contributed by atoms with Crippen LogP contribution in [0.4, 0.5) is 0 Å². The van der Waals surface area contributed by atoms with Gasteiger partial charge in [-0.15, -0.1) is 0 Å². The number of carbonyl (C=O) groups is 2. The van der Waals surface area contributed by atoms with Crippen LogP contribution in [0.25, 0.3) is 6.08 Å². The topological polar surface area (TPSA) is 74.6 Å². The van der Waals surface area contributed by atoms with Crippen LogP contribution in [0, 0.1) is 5.41 Å². The Bertz CT molecular complexity index is 678. The molecular formula is C18H16O4. The predicted octanol–water partition coefficient (Wildman–Crippen LogP) is 3.12.